The lowest BCUT2D eigenvalue weighted by molar-refractivity contribution is 0.111. The van der Waals surface area contributed by atoms with Crippen molar-refractivity contribution in [2.75, 3.05) is 5.32 Å². The standard InChI is InChI=1S/C11H10N4O/c16-7-10-5-11(15-8-14-10)13-6-9-3-1-2-4-12-9/h1-5,7-8H,6H2,(H,13,14,15). The Labute approximate surface area is 92.6 Å². The summed E-state index contributed by atoms with van der Waals surface area (Å²) in [5, 5.41) is 3.06. The quantitative estimate of drug-likeness (QED) is 0.777. The molecular weight excluding hydrogens is 204 g/mol. The second-order valence-corrected chi connectivity index (χ2v) is 3.12. The minimum Gasteiger partial charge on any atom is -0.364 e. The Kier molecular flexibility index (Phi) is 3.18. The molecule has 0 aliphatic heterocycles. The number of anilines is 1. The third-order valence-electron chi connectivity index (χ3n) is 1.99. The minimum absolute atomic E-state index is 0.360. The topological polar surface area (TPSA) is 67.8 Å². The molecule has 0 spiro atoms. The van der Waals surface area contributed by atoms with Crippen LogP contribution in [0, 0.1) is 0 Å². The highest BCUT2D eigenvalue weighted by atomic mass is 16.1. The van der Waals surface area contributed by atoms with Crippen LogP contribution in [0.4, 0.5) is 5.82 Å². The molecule has 0 saturated carbocycles. The molecule has 0 atom stereocenters. The van der Waals surface area contributed by atoms with E-state index in [1.807, 2.05) is 18.2 Å². The monoisotopic (exact) mass is 214 g/mol. The first-order valence-electron chi connectivity index (χ1n) is 4.79. The van der Waals surface area contributed by atoms with Gasteiger partial charge in [-0.2, -0.15) is 0 Å². The van der Waals surface area contributed by atoms with Gasteiger partial charge in [-0.1, -0.05) is 6.07 Å². The largest absolute Gasteiger partial charge is 0.364 e. The van der Waals surface area contributed by atoms with E-state index in [4.69, 9.17) is 0 Å². The van der Waals surface area contributed by atoms with Crippen LogP contribution in [0.2, 0.25) is 0 Å². The molecule has 2 aromatic heterocycles. The Morgan fingerprint density at radius 3 is 2.94 bits per heavy atom. The molecule has 80 valence electrons. The molecule has 0 bridgehead atoms. The first-order valence-corrected chi connectivity index (χ1v) is 4.79. The zero-order chi connectivity index (χ0) is 11.2. The molecule has 0 aliphatic carbocycles. The molecule has 0 radical (unpaired) electrons. The Bertz CT molecular complexity index is 472. The van der Waals surface area contributed by atoms with Crippen molar-refractivity contribution in [1.29, 1.82) is 0 Å². The maximum atomic E-state index is 10.5. The van der Waals surface area contributed by atoms with E-state index in [0.29, 0.717) is 24.3 Å². The van der Waals surface area contributed by atoms with Crippen molar-refractivity contribution in [2.24, 2.45) is 0 Å². The summed E-state index contributed by atoms with van der Waals surface area (Å²) in [6.07, 6.45) is 3.77. The number of aromatic nitrogens is 3. The molecule has 1 N–H and O–H groups in total. The van der Waals surface area contributed by atoms with Crippen LogP contribution in [-0.2, 0) is 6.54 Å². The molecule has 0 unspecified atom stereocenters. The van der Waals surface area contributed by atoms with Crippen molar-refractivity contribution < 1.29 is 4.79 Å². The van der Waals surface area contributed by atoms with Gasteiger partial charge in [-0.05, 0) is 12.1 Å². The van der Waals surface area contributed by atoms with Gasteiger partial charge in [-0.3, -0.25) is 9.78 Å². The fraction of sp³-hybridized carbons (Fsp3) is 0.0909. The third kappa shape index (κ3) is 2.60. The van der Waals surface area contributed by atoms with Crippen LogP contribution in [0.1, 0.15) is 16.2 Å². The molecule has 5 nitrogen and oxygen atoms in total. The van der Waals surface area contributed by atoms with Crippen LogP contribution in [0.25, 0.3) is 0 Å². The highest BCUT2D eigenvalue weighted by molar-refractivity contribution is 5.72. The number of hydrogen-bond donors (Lipinski definition) is 1. The van der Waals surface area contributed by atoms with Gasteiger partial charge >= 0.3 is 0 Å². The second-order valence-electron chi connectivity index (χ2n) is 3.12. The first kappa shape index (κ1) is 10.2. The number of carbonyl (C=O) groups excluding carboxylic acids is 1. The van der Waals surface area contributed by atoms with Gasteiger partial charge in [0.15, 0.2) is 6.29 Å². The Morgan fingerprint density at radius 1 is 1.25 bits per heavy atom. The van der Waals surface area contributed by atoms with Gasteiger partial charge in [0.05, 0.1) is 12.2 Å². The van der Waals surface area contributed by atoms with Gasteiger partial charge in [0, 0.05) is 12.3 Å². The van der Waals surface area contributed by atoms with Crippen molar-refractivity contribution in [3.8, 4) is 0 Å². The number of carbonyl (C=O) groups is 1. The molecule has 0 fully saturated rings. The summed E-state index contributed by atoms with van der Waals surface area (Å²) in [6.45, 7) is 0.566. The number of rotatable bonds is 4. The smallest absolute Gasteiger partial charge is 0.168 e. The molecule has 0 saturated heterocycles. The average molecular weight is 214 g/mol. The average Bonchev–Trinajstić information content (AvgIpc) is 2.38. The van der Waals surface area contributed by atoms with Crippen LogP contribution >= 0.6 is 0 Å². The summed E-state index contributed by atoms with van der Waals surface area (Å²) in [4.78, 5) is 22.4. The fourth-order valence-electron chi connectivity index (χ4n) is 1.22. The number of nitrogens with one attached hydrogen (secondary N) is 1. The summed E-state index contributed by atoms with van der Waals surface area (Å²) >= 11 is 0. The zero-order valence-electron chi connectivity index (χ0n) is 8.50. The highest BCUT2D eigenvalue weighted by Crippen LogP contribution is 2.04. The summed E-state index contributed by atoms with van der Waals surface area (Å²) < 4.78 is 0. The lowest BCUT2D eigenvalue weighted by Gasteiger charge is -2.04. The normalized spacial score (nSPS) is 9.75. The predicted octanol–water partition coefficient (Wildman–Crippen LogP) is 1.30. The third-order valence-corrected chi connectivity index (χ3v) is 1.99. The van der Waals surface area contributed by atoms with Crippen LogP contribution in [0.3, 0.4) is 0 Å². The van der Waals surface area contributed by atoms with E-state index < -0.39 is 0 Å². The molecule has 2 aromatic rings. The molecular formula is C11H10N4O. The number of aldehydes is 1. The van der Waals surface area contributed by atoms with Gasteiger partial charge in [0.2, 0.25) is 0 Å². The molecule has 0 aliphatic rings. The molecule has 2 rings (SSSR count). The summed E-state index contributed by atoms with van der Waals surface area (Å²) in [6, 6.07) is 7.28. The van der Waals surface area contributed by atoms with Crippen molar-refractivity contribution >= 4 is 12.1 Å². The van der Waals surface area contributed by atoms with Gasteiger partial charge in [-0.25, -0.2) is 9.97 Å². The molecule has 16 heavy (non-hydrogen) atoms. The van der Waals surface area contributed by atoms with E-state index in [1.54, 1.807) is 12.3 Å². The lowest BCUT2D eigenvalue weighted by Crippen LogP contribution is -2.03. The maximum Gasteiger partial charge on any atom is 0.168 e. The van der Waals surface area contributed by atoms with Crippen LogP contribution in [0.15, 0.2) is 36.8 Å². The van der Waals surface area contributed by atoms with Crippen molar-refractivity contribution in [1.82, 2.24) is 15.0 Å². The van der Waals surface area contributed by atoms with Gasteiger partial charge in [0.1, 0.15) is 17.8 Å². The van der Waals surface area contributed by atoms with Crippen molar-refractivity contribution in [3.63, 3.8) is 0 Å². The Balaban J connectivity index is 2.02. The highest BCUT2D eigenvalue weighted by Gasteiger charge is 1.97. The van der Waals surface area contributed by atoms with E-state index in [2.05, 4.69) is 20.3 Å². The molecule has 0 amide bonds. The lowest BCUT2D eigenvalue weighted by atomic mass is 10.3. The van der Waals surface area contributed by atoms with Crippen LogP contribution in [0.5, 0.6) is 0 Å². The van der Waals surface area contributed by atoms with E-state index in [-0.39, 0.29) is 0 Å². The predicted molar refractivity (Wildman–Crippen MR) is 59.0 cm³/mol. The minimum atomic E-state index is 0.360. The fourth-order valence-corrected chi connectivity index (χ4v) is 1.22. The van der Waals surface area contributed by atoms with Crippen LogP contribution < -0.4 is 5.32 Å². The van der Waals surface area contributed by atoms with Gasteiger partial charge < -0.3 is 5.32 Å². The van der Waals surface area contributed by atoms with Crippen molar-refractivity contribution in [2.45, 2.75) is 6.54 Å². The zero-order valence-corrected chi connectivity index (χ0v) is 8.50. The van der Waals surface area contributed by atoms with E-state index in [9.17, 15) is 4.79 Å². The first-order chi connectivity index (χ1) is 7.88. The number of nitrogens with zero attached hydrogens (tertiary/aromatic N) is 3. The SMILES string of the molecule is O=Cc1cc(NCc2ccccn2)ncn1. The maximum absolute atomic E-state index is 10.5. The van der Waals surface area contributed by atoms with Gasteiger partial charge in [0.25, 0.3) is 0 Å². The Hall–Kier alpha value is -2.30. The summed E-state index contributed by atoms with van der Waals surface area (Å²) in [5.41, 5.74) is 1.27. The molecule has 5 heteroatoms. The van der Waals surface area contributed by atoms with E-state index >= 15 is 0 Å². The van der Waals surface area contributed by atoms with E-state index in [1.165, 1.54) is 6.33 Å². The summed E-state index contributed by atoms with van der Waals surface area (Å²) in [5.74, 6) is 0.614. The summed E-state index contributed by atoms with van der Waals surface area (Å²) in [7, 11) is 0. The molecule has 2 heterocycles. The van der Waals surface area contributed by atoms with Crippen molar-refractivity contribution in [3.05, 3.63) is 48.2 Å². The Morgan fingerprint density at radius 2 is 2.19 bits per heavy atom. The van der Waals surface area contributed by atoms with Gasteiger partial charge in [-0.15, -0.1) is 0 Å². The molecule has 0 aromatic carbocycles. The number of pyridine rings is 1. The number of hydrogen-bond acceptors (Lipinski definition) is 5. The second kappa shape index (κ2) is 4.97. The van der Waals surface area contributed by atoms with Crippen LogP contribution in [-0.4, -0.2) is 21.2 Å². The van der Waals surface area contributed by atoms with E-state index in [0.717, 1.165) is 5.69 Å².